The minimum atomic E-state index is -3.68. The third-order valence-electron chi connectivity index (χ3n) is 3.66. The van der Waals surface area contributed by atoms with Crippen molar-refractivity contribution in [2.45, 2.75) is 18.2 Å². The Kier molecular flexibility index (Phi) is 6.57. The summed E-state index contributed by atoms with van der Waals surface area (Å²) in [6.45, 7) is 1.91. The molecule has 0 aromatic heterocycles. The Morgan fingerprint density at radius 3 is 2.28 bits per heavy atom. The molecule has 0 unspecified atom stereocenters. The van der Waals surface area contributed by atoms with Gasteiger partial charge in [0.2, 0.25) is 10.0 Å². The summed E-state index contributed by atoms with van der Waals surface area (Å²) in [6.07, 6.45) is 0.500. The molecule has 0 aliphatic heterocycles. The standard InChI is InChI=1S/C17H19Cl2NO4S/c1-11-8-13(18)14(19)10-17(11)25(21,22)20-7-6-12-4-5-15(23-2)16(9-12)24-3/h4-5,8-10,20H,6-7H2,1-3H3. The van der Waals surface area contributed by atoms with Gasteiger partial charge in [-0.15, -0.1) is 0 Å². The van der Waals surface area contributed by atoms with Crippen molar-refractivity contribution in [3.8, 4) is 11.5 Å². The molecule has 25 heavy (non-hydrogen) atoms. The van der Waals surface area contributed by atoms with Crippen LogP contribution in [0.25, 0.3) is 0 Å². The van der Waals surface area contributed by atoms with Crippen LogP contribution >= 0.6 is 23.2 Å². The van der Waals surface area contributed by atoms with Crippen LogP contribution in [-0.2, 0) is 16.4 Å². The summed E-state index contributed by atoms with van der Waals surface area (Å²) in [5, 5.41) is 0.524. The summed E-state index contributed by atoms with van der Waals surface area (Å²) in [7, 11) is -0.564. The van der Waals surface area contributed by atoms with Crippen LogP contribution in [0.2, 0.25) is 10.0 Å². The smallest absolute Gasteiger partial charge is 0.240 e. The van der Waals surface area contributed by atoms with Crippen LogP contribution in [0.3, 0.4) is 0 Å². The van der Waals surface area contributed by atoms with Crippen molar-refractivity contribution < 1.29 is 17.9 Å². The molecule has 0 heterocycles. The number of nitrogens with one attached hydrogen (secondary N) is 1. The van der Waals surface area contributed by atoms with Crippen molar-refractivity contribution in [1.82, 2.24) is 4.72 Å². The van der Waals surface area contributed by atoms with Crippen LogP contribution in [0.15, 0.2) is 35.2 Å². The fraction of sp³-hybridized carbons (Fsp3) is 0.294. The third kappa shape index (κ3) is 4.79. The highest BCUT2D eigenvalue weighted by Gasteiger charge is 2.18. The number of methoxy groups -OCH3 is 2. The zero-order valence-corrected chi connectivity index (χ0v) is 16.4. The van der Waals surface area contributed by atoms with Gasteiger partial charge in [-0.1, -0.05) is 29.3 Å². The summed E-state index contributed by atoms with van der Waals surface area (Å²) in [5.41, 5.74) is 1.46. The van der Waals surface area contributed by atoms with E-state index in [9.17, 15) is 8.42 Å². The van der Waals surface area contributed by atoms with Crippen LogP contribution in [0, 0.1) is 6.92 Å². The van der Waals surface area contributed by atoms with Gasteiger partial charge in [-0.25, -0.2) is 13.1 Å². The predicted molar refractivity (Wildman–Crippen MR) is 99.6 cm³/mol. The van der Waals surface area contributed by atoms with Gasteiger partial charge in [0, 0.05) is 6.54 Å². The number of halogens is 2. The van der Waals surface area contributed by atoms with Crippen molar-refractivity contribution in [2.24, 2.45) is 0 Å². The van der Waals surface area contributed by atoms with Crippen LogP contribution in [0.5, 0.6) is 11.5 Å². The Morgan fingerprint density at radius 2 is 1.64 bits per heavy atom. The van der Waals surface area contributed by atoms with E-state index in [0.717, 1.165) is 5.56 Å². The van der Waals surface area contributed by atoms with Crippen molar-refractivity contribution in [1.29, 1.82) is 0 Å². The maximum Gasteiger partial charge on any atom is 0.240 e. The van der Waals surface area contributed by atoms with Gasteiger partial charge in [-0.2, -0.15) is 0 Å². The Bertz CT molecular complexity index is 869. The topological polar surface area (TPSA) is 64.6 Å². The molecule has 2 aromatic carbocycles. The van der Waals surface area contributed by atoms with Crippen molar-refractivity contribution >= 4 is 33.2 Å². The molecule has 1 N–H and O–H groups in total. The summed E-state index contributed by atoms with van der Waals surface area (Å²) < 4.78 is 37.9. The normalized spacial score (nSPS) is 11.4. The Morgan fingerprint density at radius 1 is 1.00 bits per heavy atom. The second-order valence-corrected chi connectivity index (χ2v) is 7.92. The van der Waals surface area contributed by atoms with Crippen molar-refractivity contribution in [3.63, 3.8) is 0 Å². The quantitative estimate of drug-likeness (QED) is 0.762. The highest BCUT2D eigenvalue weighted by molar-refractivity contribution is 7.89. The predicted octanol–water partition coefficient (Wildman–Crippen LogP) is 3.84. The number of hydrogen-bond donors (Lipinski definition) is 1. The van der Waals surface area contributed by atoms with Crippen molar-refractivity contribution in [2.75, 3.05) is 20.8 Å². The lowest BCUT2D eigenvalue weighted by Gasteiger charge is -2.12. The van der Waals surface area contributed by atoms with Crippen LogP contribution in [0.4, 0.5) is 0 Å². The number of ether oxygens (including phenoxy) is 2. The van der Waals surface area contributed by atoms with Crippen LogP contribution in [-0.4, -0.2) is 29.2 Å². The number of sulfonamides is 1. The molecule has 0 amide bonds. The molecule has 0 atom stereocenters. The summed E-state index contributed by atoms with van der Waals surface area (Å²) in [6, 6.07) is 8.36. The minimum Gasteiger partial charge on any atom is -0.493 e. The van der Waals surface area contributed by atoms with E-state index >= 15 is 0 Å². The molecule has 8 heteroatoms. The average molecular weight is 404 g/mol. The molecule has 2 aromatic rings. The van der Waals surface area contributed by atoms with Gasteiger partial charge in [0.15, 0.2) is 11.5 Å². The minimum absolute atomic E-state index is 0.120. The monoisotopic (exact) mass is 403 g/mol. The van der Waals surface area contributed by atoms with E-state index in [4.69, 9.17) is 32.7 Å². The molecule has 0 spiro atoms. The Balaban J connectivity index is 2.10. The maximum absolute atomic E-state index is 12.5. The first kappa shape index (κ1) is 19.8. The van der Waals surface area contributed by atoms with Gasteiger partial charge in [-0.05, 0) is 48.7 Å². The lowest BCUT2D eigenvalue weighted by atomic mass is 10.1. The second kappa shape index (κ2) is 8.27. The molecule has 0 aliphatic carbocycles. The van der Waals surface area contributed by atoms with E-state index in [2.05, 4.69) is 4.72 Å². The van der Waals surface area contributed by atoms with E-state index in [1.165, 1.54) is 12.1 Å². The van der Waals surface area contributed by atoms with Crippen molar-refractivity contribution in [3.05, 3.63) is 51.5 Å². The first-order valence-corrected chi connectivity index (χ1v) is 9.68. The first-order chi connectivity index (χ1) is 11.8. The van der Waals surface area contributed by atoms with Gasteiger partial charge in [0.05, 0.1) is 29.2 Å². The molecule has 0 bridgehead atoms. The van der Waals surface area contributed by atoms with Gasteiger partial charge in [0.25, 0.3) is 0 Å². The van der Waals surface area contributed by atoms with E-state index in [1.54, 1.807) is 27.2 Å². The highest BCUT2D eigenvalue weighted by Crippen LogP contribution is 2.29. The van der Waals surface area contributed by atoms with E-state index < -0.39 is 10.0 Å². The summed E-state index contributed by atoms with van der Waals surface area (Å²) >= 11 is 11.8. The highest BCUT2D eigenvalue weighted by atomic mass is 35.5. The summed E-state index contributed by atoms with van der Waals surface area (Å²) in [4.78, 5) is 0.120. The van der Waals surface area contributed by atoms with Crippen LogP contribution in [0.1, 0.15) is 11.1 Å². The van der Waals surface area contributed by atoms with Gasteiger partial charge in [-0.3, -0.25) is 0 Å². The second-order valence-electron chi connectivity index (χ2n) is 5.37. The Labute approximate surface area is 157 Å². The molecular weight excluding hydrogens is 385 g/mol. The fourth-order valence-electron chi connectivity index (χ4n) is 2.36. The van der Waals surface area contributed by atoms with Gasteiger partial charge < -0.3 is 9.47 Å². The number of hydrogen-bond acceptors (Lipinski definition) is 4. The molecular formula is C17H19Cl2NO4S. The van der Waals surface area contributed by atoms with Gasteiger partial charge in [0.1, 0.15) is 0 Å². The average Bonchev–Trinajstić information content (AvgIpc) is 2.57. The van der Waals surface area contributed by atoms with Gasteiger partial charge >= 0.3 is 0 Å². The number of rotatable bonds is 7. The zero-order valence-electron chi connectivity index (χ0n) is 14.1. The molecule has 0 saturated carbocycles. The molecule has 5 nitrogen and oxygen atoms in total. The maximum atomic E-state index is 12.5. The molecule has 0 saturated heterocycles. The number of aryl methyl sites for hydroxylation is 1. The fourth-order valence-corrected chi connectivity index (χ4v) is 4.09. The first-order valence-electron chi connectivity index (χ1n) is 7.44. The van der Waals surface area contributed by atoms with Crippen LogP contribution < -0.4 is 14.2 Å². The Hall–Kier alpha value is -1.47. The molecule has 0 radical (unpaired) electrons. The molecule has 0 aliphatic rings. The van der Waals surface area contributed by atoms with E-state index in [1.807, 2.05) is 12.1 Å². The lowest BCUT2D eigenvalue weighted by Crippen LogP contribution is -2.26. The molecule has 136 valence electrons. The van der Waals surface area contributed by atoms with E-state index in [-0.39, 0.29) is 16.5 Å². The number of benzene rings is 2. The summed E-state index contributed by atoms with van der Waals surface area (Å²) in [5.74, 6) is 1.22. The van der Waals surface area contributed by atoms with E-state index in [0.29, 0.717) is 28.5 Å². The SMILES string of the molecule is COc1ccc(CCNS(=O)(=O)c2cc(Cl)c(Cl)cc2C)cc1OC. The molecule has 0 fully saturated rings. The zero-order chi connectivity index (χ0) is 18.6. The molecule has 2 rings (SSSR count). The largest absolute Gasteiger partial charge is 0.493 e. The lowest BCUT2D eigenvalue weighted by molar-refractivity contribution is 0.354. The third-order valence-corrected chi connectivity index (χ3v) is 5.99.